The number of aromatic carboxylic acids is 1. The van der Waals surface area contributed by atoms with Crippen LogP contribution >= 0.6 is 0 Å². The summed E-state index contributed by atoms with van der Waals surface area (Å²) in [6, 6.07) is 0.758. The van der Waals surface area contributed by atoms with Crippen molar-refractivity contribution in [1.29, 1.82) is 0 Å². The SMILES string of the molecule is CCCCS(=O)(=O)c1c(C(F)(F)C(F)(F)F)ccc(C(=O)O)c1C. The van der Waals surface area contributed by atoms with E-state index in [0.29, 0.717) is 12.5 Å². The average Bonchev–Trinajstić information content (AvgIpc) is 2.42. The molecule has 0 spiro atoms. The van der Waals surface area contributed by atoms with Gasteiger partial charge in [0.05, 0.1) is 16.2 Å². The molecule has 0 radical (unpaired) electrons. The first-order valence-corrected chi connectivity index (χ1v) is 8.47. The molecule has 0 saturated carbocycles. The molecular formula is C14H15F5O4S. The van der Waals surface area contributed by atoms with Crippen LogP contribution in [-0.2, 0) is 15.8 Å². The van der Waals surface area contributed by atoms with E-state index in [9.17, 15) is 35.2 Å². The molecule has 0 aliphatic heterocycles. The van der Waals surface area contributed by atoms with Gasteiger partial charge in [-0.2, -0.15) is 22.0 Å². The van der Waals surface area contributed by atoms with Gasteiger partial charge in [-0.1, -0.05) is 19.4 Å². The van der Waals surface area contributed by atoms with Gasteiger partial charge in [0.25, 0.3) is 0 Å². The fourth-order valence-electron chi connectivity index (χ4n) is 2.16. The van der Waals surface area contributed by atoms with E-state index in [1.54, 1.807) is 6.92 Å². The largest absolute Gasteiger partial charge is 0.478 e. The predicted molar refractivity (Wildman–Crippen MR) is 75.0 cm³/mol. The molecule has 1 rings (SSSR count). The lowest BCUT2D eigenvalue weighted by Gasteiger charge is -2.24. The summed E-state index contributed by atoms with van der Waals surface area (Å²) in [6.45, 7) is 2.51. The molecule has 1 aromatic carbocycles. The Kier molecular flexibility index (Phi) is 5.64. The molecule has 136 valence electrons. The molecule has 1 aromatic rings. The minimum atomic E-state index is -6.01. The maximum atomic E-state index is 13.8. The minimum Gasteiger partial charge on any atom is -0.478 e. The number of carboxylic acids is 1. The fourth-order valence-corrected chi connectivity index (χ4v) is 4.14. The summed E-state index contributed by atoms with van der Waals surface area (Å²) in [5.74, 6) is -7.71. The Bertz CT molecular complexity index is 738. The summed E-state index contributed by atoms with van der Waals surface area (Å²) >= 11 is 0. The maximum absolute atomic E-state index is 13.8. The Morgan fingerprint density at radius 3 is 2.12 bits per heavy atom. The van der Waals surface area contributed by atoms with Crippen molar-refractivity contribution in [1.82, 2.24) is 0 Å². The molecule has 10 heteroatoms. The topological polar surface area (TPSA) is 71.4 Å². The van der Waals surface area contributed by atoms with Gasteiger partial charge in [0, 0.05) is 5.56 Å². The first-order valence-electron chi connectivity index (χ1n) is 6.82. The summed E-state index contributed by atoms with van der Waals surface area (Å²) in [5.41, 5.74) is -3.04. The van der Waals surface area contributed by atoms with Crippen molar-refractivity contribution in [3.63, 3.8) is 0 Å². The van der Waals surface area contributed by atoms with Gasteiger partial charge in [-0.25, -0.2) is 13.2 Å². The van der Waals surface area contributed by atoms with Crippen LogP contribution in [-0.4, -0.2) is 31.4 Å². The molecule has 0 saturated heterocycles. The highest BCUT2D eigenvalue weighted by atomic mass is 32.2. The van der Waals surface area contributed by atoms with Crippen LogP contribution in [0.25, 0.3) is 0 Å². The molecule has 0 unspecified atom stereocenters. The third-order valence-electron chi connectivity index (χ3n) is 3.41. The number of alkyl halides is 5. The number of hydrogen-bond acceptors (Lipinski definition) is 3. The third kappa shape index (κ3) is 3.68. The quantitative estimate of drug-likeness (QED) is 0.766. The van der Waals surface area contributed by atoms with Gasteiger partial charge in [-0.05, 0) is 25.0 Å². The lowest BCUT2D eigenvalue weighted by molar-refractivity contribution is -0.290. The second-order valence-electron chi connectivity index (χ2n) is 5.16. The summed E-state index contributed by atoms with van der Waals surface area (Å²) in [6.07, 6.45) is -5.61. The van der Waals surface area contributed by atoms with Gasteiger partial charge < -0.3 is 5.11 Å². The van der Waals surface area contributed by atoms with Crippen LogP contribution < -0.4 is 0 Å². The zero-order valence-corrected chi connectivity index (χ0v) is 13.6. The van der Waals surface area contributed by atoms with E-state index < -0.39 is 55.2 Å². The van der Waals surface area contributed by atoms with Crippen molar-refractivity contribution in [2.45, 2.75) is 43.7 Å². The number of carbonyl (C=O) groups is 1. The molecule has 4 nitrogen and oxygen atoms in total. The van der Waals surface area contributed by atoms with Crippen molar-refractivity contribution in [2.75, 3.05) is 5.75 Å². The van der Waals surface area contributed by atoms with Gasteiger partial charge in [0.15, 0.2) is 9.84 Å². The number of hydrogen-bond donors (Lipinski definition) is 1. The molecule has 1 N–H and O–H groups in total. The van der Waals surface area contributed by atoms with E-state index in [0.717, 1.165) is 6.92 Å². The Hall–Kier alpha value is -1.71. The van der Waals surface area contributed by atoms with Gasteiger partial charge in [0.1, 0.15) is 0 Å². The Morgan fingerprint density at radius 1 is 1.17 bits per heavy atom. The van der Waals surface area contributed by atoms with Crippen LogP contribution in [0.3, 0.4) is 0 Å². The van der Waals surface area contributed by atoms with Crippen molar-refractivity contribution < 1.29 is 40.3 Å². The highest BCUT2D eigenvalue weighted by Gasteiger charge is 2.60. The third-order valence-corrected chi connectivity index (χ3v) is 5.38. The van der Waals surface area contributed by atoms with E-state index in [1.807, 2.05) is 0 Å². The van der Waals surface area contributed by atoms with E-state index in [-0.39, 0.29) is 12.5 Å². The second kappa shape index (κ2) is 6.66. The van der Waals surface area contributed by atoms with E-state index >= 15 is 0 Å². The van der Waals surface area contributed by atoms with Crippen LogP contribution in [0.2, 0.25) is 0 Å². The monoisotopic (exact) mass is 374 g/mol. The van der Waals surface area contributed by atoms with Crippen LogP contribution in [0.4, 0.5) is 22.0 Å². The van der Waals surface area contributed by atoms with Crippen LogP contribution in [0, 0.1) is 6.92 Å². The molecule has 0 atom stereocenters. The van der Waals surface area contributed by atoms with Gasteiger partial charge in [-0.3, -0.25) is 0 Å². The number of halogens is 5. The lowest BCUT2D eigenvalue weighted by Crippen LogP contribution is -2.35. The number of carboxylic acid groups (broad SMARTS) is 1. The Morgan fingerprint density at radius 2 is 1.71 bits per heavy atom. The van der Waals surface area contributed by atoms with Crippen LogP contribution in [0.15, 0.2) is 17.0 Å². The number of sulfone groups is 1. The average molecular weight is 374 g/mol. The fraction of sp³-hybridized carbons (Fsp3) is 0.500. The Balaban J connectivity index is 3.81. The molecule has 24 heavy (non-hydrogen) atoms. The van der Waals surface area contributed by atoms with E-state index in [1.165, 1.54) is 0 Å². The highest BCUT2D eigenvalue weighted by Crippen LogP contribution is 2.47. The van der Waals surface area contributed by atoms with Crippen molar-refractivity contribution >= 4 is 15.8 Å². The summed E-state index contributed by atoms with van der Waals surface area (Å²) in [4.78, 5) is 9.80. The predicted octanol–water partition coefficient (Wildman–Crippen LogP) is 3.92. The first-order chi connectivity index (χ1) is 10.8. The van der Waals surface area contributed by atoms with Crippen molar-refractivity contribution in [3.8, 4) is 0 Å². The Labute approximate surface area is 135 Å². The van der Waals surface area contributed by atoms with E-state index in [2.05, 4.69) is 0 Å². The normalized spacial score (nSPS) is 13.1. The molecule has 0 amide bonds. The van der Waals surface area contributed by atoms with Gasteiger partial charge in [0.2, 0.25) is 0 Å². The minimum absolute atomic E-state index is 0.0378. The van der Waals surface area contributed by atoms with E-state index in [4.69, 9.17) is 5.11 Å². The molecule has 0 bridgehead atoms. The number of rotatable bonds is 6. The standard InChI is InChI=1S/C14H15F5O4S/c1-3-4-7-24(22,23)11-8(2)9(12(20)21)5-6-10(11)13(15,16)14(17,18)19/h5-6H,3-4,7H2,1-2H3,(H,20,21). The number of benzene rings is 1. The molecule has 0 fully saturated rings. The molecular weight excluding hydrogens is 359 g/mol. The van der Waals surface area contributed by atoms with Crippen molar-refractivity contribution in [3.05, 3.63) is 28.8 Å². The lowest BCUT2D eigenvalue weighted by atomic mass is 10.0. The summed E-state index contributed by atoms with van der Waals surface area (Å²) < 4.78 is 90.1. The highest BCUT2D eigenvalue weighted by molar-refractivity contribution is 7.91. The summed E-state index contributed by atoms with van der Waals surface area (Å²) in [5, 5.41) is 8.98. The zero-order chi connectivity index (χ0) is 18.9. The summed E-state index contributed by atoms with van der Waals surface area (Å²) in [7, 11) is -4.53. The molecule has 0 heterocycles. The van der Waals surface area contributed by atoms with Crippen LogP contribution in [0.5, 0.6) is 0 Å². The zero-order valence-electron chi connectivity index (χ0n) is 12.7. The molecule has 0 aliphatic carbocycles. The van der Waals surface area contributed by atoms with Crippen molar-refractivity contribution in [2.24, 2.45) is 0 Å². The second-order valence-corrected chi connectivity index (χ2v) is 7.21. The van der Waals surface area contributed by atoms with Gasteiger partial charge >= 0.3 is 18.1 Å². The number of unbranched alkanes of at least 4 members (excludes halogenated alkanes) is 1. The molecule has 0 aliphatic rings. The molecule has 0 aromatic heterocycles. The maximum Gasteiger partial charge on any atom is 0.458 e. The van der Waals surface area contributed by atoms with Gasteiger partial charge in [-0.15, -0.1) is 0 Å². The van der Waals surface area contributed by atoms with Crippen LogP contribution in [0.1, 0.15) is 41.3 Å². The first kappa shape index (κ1) is 20.3. The smallest absolute Gasteiger partial charge is 0.458 e.